The maximum Gasteiger partial charge on any atom is 0.268 e. The Kier molecular flexibility index (Phi) is 4.64. The van der Waals surface area contributed by atoms with Gasteiger partial charge in [-0.15, -0.1) is 0 Å². The van der Waals surface area contributed by atoms with E-state index in [0.29, 0.717) is 10.0 Å². The Balaban J connectivity index is 2.16. The van der Waals surface area contributed by atoms with E-state index in [1.165, 1.54) is 24.4 Å². The second kappa shape index (κ2) is 6.45. The summed E-state index contributed by atoms with van der Waals surface area (Å²) < 4.78 is 14.3. The molecule has 1 aromatic heterocycles. The van der Waals surface area contributed by atoms with Crippen molar-refractivity contribution in [3.8, 4) is 0 Å². The molecule has 0 spiro atoms. The van der Waals surface area contributed by atoms with Crippen LogP contribution in [0.3, 0.4) is 0 Å². The number of nitrogens with one attached hydrogen (secondary N) is 1. The van der Waals surface area contributed by atoms with Crippen molar-refractivity contribution in [2.24, 2.45) is 5.73 Å². The molecule has 7 heteroatoms. The number of carbonyl (C=O) groups excluding carboxylic acids is 2. The van der Waals surface area contributed by atoms with E-state index in [-0.39, 0.29) is 17.8 Å². The standard InChI is InChI=1S/C14H11BrFN3O2/c15-9-3-4-11(16)8(6-9)7-19-14(21)10-2-1-5-18-12(10)13(17)20/h1-6H,7H2,(H2,17,20)(H,19,21). The number of rotatable bonds is 4. The maximum atomic E-state index is 13.6. The summed E-state index contributed by atoms with van der Waals surface area (Å²) in [6.45, 7) is -0.0167. The third-order valence-corrected chi connectivity index (χ3v) is 3.23. The van der Waals surface area contributed by atoms with Crippen LogP contribution in [-0.2, 0) is 6.54 Å². The number of aromatic nitrogens is 1. The highest BCUT2D eigenvalue weighted by Crippen LogP contribution is 2.15. The minimum absolute atomic E-state index is 0.0167. The molecule has 0 bridgehead atoms. The van der Waals surface area contributed by atoms with Gasteiger partial charge in [-0.2, -0.15) is 0 Å². The Morgan fingerprint density at radius 1 is 1.33 bits per heavy atom. The molecule has 108 valence electrons. The Morgan fingerprint density at radius 3 is 2.81 bits per heavy atom. The van der Waals surface area contributed by atoms with Crippen LogP contribution in [0, 0.1) is 5.82 Å². The van der Waals surface area contributed by atoms with Crippen molar-refractivity contribution in [3.63, 3.8) is 0 Å². The lowest BCUT2D eigenvalue weighted by atomic mass is 10.1. The number of hydrogen-bond acceptors (Lipinski definition) is 3. The first-order valence-electron chi connectivity index (χ1n) is 5.96. The fourth-order valence-corrected chi connectivity index (χ4v) is 2.14. The molecule has 0 aliphatic rings. The highest BCUT2D eigenvalue weighted by molar-refractivity contribution is 9.10. The van der Waals surface area contributed by atoms with Gasteiger partial charge in [0.05, 0.1) is 5.56 Å². The number of nitrogens with zero attached hydrogens (tertiary/aromatic N) is 1. The Hall–Kier alpha value is -2.28. The molecular weight excluding hydrogens is 341 g/mol. The molecule has 0 unspecified atom stereocenters. The van der Waals surface area contributed by atoms with Gasteiger partial charge >= 0.3 is 0 Å². The fraction of sp³-hybridized carbons (Fsp3) is 0.0714. The molecule has 0 saturated heterocycles. The first-order valence-corrected chi connectivity index (χ1v) is 6.75. The number of amides is 2. The smallest absolute Gasteiger partial charge is 0.268 e. The van der Waals surface area contributed by atoms with Crippen molar-refractivity contribution >= 4 is 27.7 Å². The zero-order valence-corrected chi connectivity index (χ0v) is 12.4. The first kappa shape index (κ1) is 15.1. The minimum Gasteiger partial charge on any atom is -0.364 e. The summed E-state index contributed by atoms with van der Waals surface area (Å²) in [5, 5.41) is 2.53. The van der Waals surface area contributed by atoms with Gasteiger partial charge in [0, 0.05) is 22.8 Å². The summed E-state index contributed by atoms with van der Waals surface area (Å²) in [6.07, 6.45) is 1.37. The van der Waals surface area contributed by atoms with Crippen LogP contribution in [0.15, 0.2) is 41.0 Å². The second-order valence-corrected chi connectivity index (χ2v) is 5.10. The molecule has 0 atom stereocenters. The number of hydrogen-bond donors (Lipinski definition) is 2. The van der Waals surface area contributed by atoms with Gasteiger partial charge in [-0.25, -0.2) is 4.39 Å². The highest BCUT2D eigenvalue weighted by Gasteiger charge is 2.16. The molecule has 0 saturated carbocycles. The molecule has 2 amide bonds. The molecule has 1 aromatic carbocycles. The van der Waals surface area contributed by atoms with E-state index in [0.717, 1.165) is 0 Å². The average Bonchev–Trinajstić information content (AvgIpc) is 2.47. The molecule has 21 heavy (non-hydrogen) atoms. The monoisotopic (exact) mass is 351 g/mol. The molecule has 2 aromatic rings. The van der Waals surface area contributed by atoms with Crippen LogP contribution in [-0.4, -0.2) is 16.8 Å². The van der Waals surface area contributed by atoms with Crippen LogP contribution >= 0.6 is 15.9 Å². The van der Waals surface area contributed by atoms with Gasteiger partial charge in [-0.3, -0.25) is 14.6 Å². The summed E-state index contributed by atoms with van der Waals surface area (Å²) in [4.78, 5) is 27.0. The van der Waals surface area contributed by atoms with Crippen LogP contribution in [0.4, 0.5) is 4.39 Å². The third kappa shape index (κ3) is 3.63. The van der Waals surface area contributed by atoms with Crippen LogP contribution in [0.2, 0.25) is 0 Å². The average molecular weight is 352 g/mol. The van der Waals surface area contributed by atoms with Crippen LogP contribution in [0.1, 0.15) is 26.4 Å². The number of nitrogens with two attached hydrogens (primary N) is 1. The Bertz CT molecular complexity index is 706. The van der Waals surface area contributed by atoms with Crippen LogP contribution in [0.25, 0.3) is 0 Å². The molecule has 1 heterocycles. The Labute approximate surface area is 128 Å². The predicted octanol–water partition coefficient (Wildman–Crippen LogP) is 2.01. The molecule has 0 radical (unpaired) electrons. The van der Waals surface area contributed by atoms with Gasteiger partial charge in [0.15, 0.2) is 0 Å². The van der Waals surface area contributed by atoms with Crippen molar-refractivity contribution in [2.45, 2.75) is 6.54 Å². The summed E-state index contributed by atoms with van der Waals surface area (Å²) in [7, 11) is 0. The Morgan fingerprint density at radius 2 is 2.10 bits per heavy atom. The lowest BCUT2D eigenvalue weighted by Crippen LogP contribution is -2.27. The molecule has 0 aliphatic carbocycles. The number of pyridine rings is 1. The molecule has 5 nitrogen and oxygen atoms in total. The van der Waals surface area contributed by atoms with Crippen molar-refractivity contribution in [1.82, 2.24) is 10.3 Å². The highest BCUT2D eigenvalue weighted by atomic mass is 79.9. The first-order chi connectivity index (χ1) is 9.99. The SMILES string of the molecule is NC(=O)c1ncccc1C(=O)NCc1cc(Br)ccc1F. The largest absolute Gasteiger partial charge is 0.364 e. The zero-order valence-electron chi connectivity index (χ0n) is 10.8. The van der Waals surface area contributed by atoms with E-state index in [4.69, 9.17) is 5.73 Å². The van der Waals surface area contributed by atoms with Gasteiger partial charge in [0.25, 0.3) is 11.8 Å². The van der Waals surface area contributed by atoms with E-state index in [2.05, 4.69) is 26.2 Å². The van der Waals surface area contributed by atoms with Gasteiger partial charge in [0.2, 0.25) is 0 Å². The lowest BCUT2D eigenvalue weighted by molar-refractivity contribution is 0.0931. The van der Waals surface area contributed by atoms with Crippen molar-refractivity contribution in [3.05, 3.63) is 63.6 Å². The molecular formula is C14H11BrFN3O2. The quantitative estimate of drug-likeness (QED) is 0.883. The van der Waals surface area contributed by atoms with Crippen LogP contribution < -0.4 is 11.1 Å². The van der Waals surface area contributed by atoms with E-state index < -0.39 is 17.6 Å². The summed E-state index contributed by atoms with van der Waals surface area (Å²) in [5.74, 6) is -1.77. The van der Waals surface area contributed by atoms with Crippen LogP contribution in [0.5, 0.6) is 0 Å². The van der Waals surface area contributed by atoms with Crippen molar-refractivity contribution in [1.29, 1.82) is 0 Å². The summed E-state index contributed by atoms with van der Waals surface area (Å²) >= 11 is 3.23. The van der Waals surface area contributed by atoms with Crippen molar-refractivity contribution < 1.29 is 14.0 Å². The van der Waals surface area contributed by atoms with E-state index in [9.17, 15) is 14.0 Å². The normalized spacial score (nSPS) is 10.2. The van der Waals surface area contributed by atoms with E-state index in [1.54, 1.807) is 12.1 Å². The number of benzene rings is 1. The fourth-order valence-electron chi connectivity index (χ4n) is 1.73. The topological polar surface area (TPSA) is 85.1 Å². The molecule has 0 aliphatic heterocycles. The second-order valence-electron chi connectivity index (χ2n) is 4.18. The summed E-state index contributed by atoms with van der Waals surface area (Å²) in [6, 6.07) is 7.37. The molecule has 0 fully saturated rings. The van der Waals surface area contributed by atoms with Gasteiger partial charge in [0.1, 0.15) is 11.5 Å². The number of halogens is 2. The van der Waals surface area contributed by atoms with Crippen molar-refractivity contribution in [2.75, 3.05) is 0 Å². The zero-order chi connectivity index (χ0) is 15.4. The van der Waals surface area contributed by atoms with Gasteiger partial charge in [-0.1, -0.05) is 15.9 Å². The molecule has 2 rings (SSSR count). The van der Waals surface area contributed by atoms with E-state index >= 15 is 0 Å². The maximum absolute atomic E-state index is 13.6. The molecule has 3 N–H and O–H groups in total. The van der Waals surface area contributed by atoms with Gasteiger partial charge in [-0.05, 0) is 30.3 Å². The third-order valence-electron chi connectivity index (χ3n) is 2.73. The van der Waals surface area contributed by atoms with Gasteiger partial charge < -0.3 is 11.1 Å². The predicted molar refractivity (Wildman–Crippen MR) is 78.0 cm³/mol. The number of primary amides is 1. The van der Waals surface area contributed by atoms with E-state index in [1.807, 2.05) is 0 Å². The summed E-state index contributed by atoms with van der Waals surface area (Å²) in [5.41, 5.74) is 5.41. The minimum atomic E-state index is -0.797. The lowest BCUT2D eigenvalue weighted by Gasteiger charge is -2.08. The number of carbonyl (C=O) groups is 2.